The summed E-state index contributed by atoms with van der Waals surface area (Å²) in [6, 6.07) is 116. The third kappa shape index (κ3) is 9.43. The molecule has 5 heterocycles. The molecule has 7 heteroatoms. The number of benzene rings is 13. The molecule has 0 unspecified atom stereocenters. The number of hydrogen-bond donors (Lipinski definition) is 0. The van der Waals surface area contributed by atoms with E-state index in [1.54, 1.807) is 0 Å². The molecule has 18 aromatic rings. The summed E-state index contributed by atoms with van der Waals surface area (Å²) in [4.78, 5) is 23.5. The van der Waals surface area contributed by atoms with E-state index in [0.29, 0.717) is 11.6 Å². The van der Waals surface area contributed by atoms with Gasteiger partial charge in [-0.1, -0.05) is 254 Å². The third-order valence-corrected chi connectivity index (χ3v) is 18.8. The minimum absolute atomic E-state index is 0.533. The lowest BCUT2D eigenvalue weighted by Gasteiger charge is -2.27. The number of rotatable bonds is 11. The standard InChI is InChI=1S/C88H59N7/c1-56-41-45-80-68(49-56)69-50-57(2)42-46-81(69)95(80)86-84(93-78-39-23-21-37-66(78)70-51-64(43-47-82(70)93)58-25-9-3-10-26-58)72(87-89-74(60-29-13-5-14-30-60)54-75(90-87)61-31-15-6-16-32-61)53-73(88-91-76(62-33-17-7-18-34-62)55-77(92-88)63-35-19-8-20-36-63)85(86)94-79-40-24-22-38-67(79)71-52-65(44-48-83(71)94)59-27-11-4-12-28-59/h3-55H,1-2H3. The molecule has 0 saturated heterocycles. The second-order valence-electron chi connectivity index (χ2n) is 24.7. The SMILES string of the molecule is Cc1ccc2c(c1)c1cc(C)ccc1n2-c1c(-n2c3ccccc3c3cc(-c4ccccc4)ccc32)c(-c2nc(-c3ccccc3)cc(-c3ccccc3)n2)cc(-c2nc(-c3ccccc3)cc(-c3ccccc3)n2)c1-n1c2ccccc2c2cc(-c3ccccc3)ccc21. The van der Waals surface area contributed by atoms with Crippen LogP contribution in [-0.4, -0.2) is 33.6 Å². The van der Waals surface area contributed by atoms with Gasteiger partial charge in [0.2, 0.25) is 0 Å². The molecule has 0 N–H and O–H groups in total. The highest BCUT2D eigenvalue weighted by atomic mass is 15.1. The first-order chi connectivity index (χ1) is 46.9. The van der Waals surface area contributed by atoms with E-state index in [-0.39, 0.29) is 0 Å². The summed E-state index contributed by atoms with van der Waals surface area (Å²) in [5.74, 6) is 1.07. The lowest BCUT2D eigenvalue weighted by molar-refractivity contribution is 1.04. The third-order valence-electron chi connectivity index (χ3n) is 18.8. The summed E-state index contributed by atoms with van der Waals surface area (Å²) >= 11 is 0. The summed E-state index contributed by atoms with van der Waals surface area (Å²) in [6.07, 6.45) is 0. The van der Waals surface area contributed by atoms with Crippen LogP contribution in [0.1, 0.15) is 11.1 Å². The predicted octanol–water partition coefficient (Wildman–Crippen LogP) is 22.5. The Hall–Kier alpha value is -12.6. The average Bonchev–Trinajstić information content (AvgIpc) is 1.59. The fraction of sp³-hybridized carbons (Fsp3) is 0.0227. The second-order valence-corrected chi connectivity index (χ2v) is 24.7. The first kappa shape index (κ1) is 55.3. The average molecular weight is 1210 g/mol. The normalized spacial score (nSPS) is 11.7. The lowest BCUT2D eigenvalue weighted by Crippen LogP contribution is -2.14. The number of fused-ring (bicyclic) bond motifs is 9. The molecule has 0 radical (unpaired) electrons. The predicted molar refractivity (Wildman–Crippen MR) is 394 cm³/mol. The van der Waals surface area contributed by atoms with Crippen molar-refractivity contribution in [2.45, 2.75) is 13.8 Å². The first-order valence-electron chi connectivity index (χ1n) is 32.4. The number of aryl methyl sites for hydroxylation is 2. The van der Waals surface area contributed by atoms with Crippen LogP contribution in [0, 0.1) is 13.8 Å². The van der Waals surface area contributed by atoms with Crippen LogP contribution in [-0.2, 0) is 0 Å². The Kier molecular flexibility index (Phi) is 13.2. The fourth-order valence-electron chi connectivity index (χ4n) is 14.4. The molecule has 0 atom stereocenters. The van der Waals surface area contributed by atoms with E-state index in [0.717, 1.165) is 161 Å². The quantitative estimate of drug-likeness (QED) is 0.129. The van der Waals surface area contributed by atoms with Crippen molar-refractivity contribution in [2.24, 2.45) is 0 Å². The molecule has 0 aliphatic heterocycles. The van der Waals surface area contributed by atoms with Gasteiger partial charge in [0.25, 0.3) is 0 Å². The van der Waals surface area contributed by atoms with Crippen LogP contribution < -0.4 is 0 Å². The van der Waals surface area contributed by atoms with Crippen LogP contribution in [0.3, 0.4) is 0 Å². The van der Waals surface area contributed by atoms with Crippen molar-refractivity contribution >= 4 is 65.4 Å². The molecule has 0 bridgehead atoms. The van der Waals surface area contributed by atoms with Gasteiger partial charge < -0.3 is 13.7 Å². The summed E-state index contributed by atoms with van der Waals surface area (Å²) in [7, 11) is 0. The van der Waals surface area contributed by atoms with Crippen LogP contribution in [0.5, 0.6) is 0 Å². The van der Waals surface area contributed by atoms with Crippen LogP contribution in [0.25, 0.3) is 173 Å². The van der Waals surface area contributed by atoms with Gasteiger partial charge in [0.05, 0.1) is 72.9 Å². The lowest BCUT2D eigenvalue weighted by atomic mass is 9.98. The van der Waals surface area contributed by atoms with Crippen molar-refractivity contribution in [1.82, 2.24) is 33.6 Å². The van der Waals surface area contributed by atoms with Gasteiger partial charge in [-0.3, -0.25) is 0 Å². The van der Waals surface area contributed by atoms with Gasteiger partial charge in [-0.05, 0) is 115 Å². The van der Waals surface area contributed by atoms with Gasteiger partial charge in [-0.25, -0.2) is 19.9 Å². The van der Waals surface area contributed by atoms with Crippen molar-refractivity contribution in [3.8, 4) is 107 Å². The Balaban J connectivity index is 1.12. The van der Waals surface area contributed by atoms with Gasteiger partial charge in [0.15, 0.2) is 11.6 Å². The van der Waals surface area contributed by atoms with Gasteiger partial charge >= 0.3 is 0 Å². The summed E-state index contributed by atoms with van der Waals surface area (Å²) < 4.78 is 7.56. The Labute approximate surface area is 549 Å². The monoisotopic (exact) mass is 1210 g/mol. The van der Waals surface area contributed by atoms with E-state index in [2.05, 4.69) is 349 Å². The molecule has 7 nitrogen and oxygen atoms in total. The summed E-state index contributed by atoms with van der Waals surface area (Å²) in [5.41, 5.74) is 24.2. The summed E-state index contributed by atoms with van der Waals surface area (Å²) in [5, 5.41) is 6.71. The molecule has 0 spiro atoms. The van der Waals surface area contributed by atoms with Gasteiger partial charge in [-0.15, -0.1) is 0 Å². The Morgan fingerprint density at radius 2 is 0.474 bits per heavy atom. The molecule has 0 fully saturated rings. The molecule has 0 amide bonds. The van der Waals surface area contributed by atoms with Crippen molar-refractivity contribution in [3.05, 3.63) is 333 Å². The second kappa shape index (κ2) is 22.7. The summed E-state index contributed by atoms with van der Waals surface area (Å²) in [6.45, 7) is 4.39. The molecule has 5 aromatic heterocycles. The molecular formula is C88H59N7. The number of hydrogen-bond acceptors (Lipinski definition) is 4. The van der Waals surface area contributed by atoms with Crippen LogP contribution in [0.2, 0.25) is 0 Å². The zero-order valence-electron chi connectivity index (χ0n) is 52.2. The van der Waals surface area contributed by atoms with Crippen molar-refractivity contribution < 1.29 is 0 Å². The first-order valence-corrected chi connectivity index (χ1v) is 32.4. The maximum Gasteiger partial charge on any atom is 0.162 e. The topological polar surface area (TPSA) is 66.3 Å². The van der Waals surface area contributed by atoms with Gasteiger partial charge in [-0.2, -0.15) is 0 Å². The van der Waals surface area contributed by atoms with E-state index >= 15 is 0 Å². The molecule has 18 rings (SSSR count). The van der Waals surface area contributed by atoms with Gasteiger partial charge in [0.1, 0.15) is 0 Å². The van der Waals surface area contributed by atoms with E-state index in [1.165, 1.54) is 11.1 Å². The van der Waals surface area contributed by atoms with E-state index in [1.807, 2.05) is 0 Å². The van der Waals surface area contributed by atoms with E-state index < -0.39 is 0 Å². The number of para-hydroxylation sites is 2. The van der Waals surface area contributed by atoms with E-state index in [4.69, 9.17) is 19.9 Å². The molecular weight excluding hydrogens is 1160 g/mol. The zero-order valence-corrected chi connectivity index (χ0v) is 52.2. The van der Waals surface area contributed by atoms with Crippen molar-refractivity contribution in [3.63, 3.8) is 0 Å². The Bertz CT molecular complexity index is 5530. The van der Waals surface area contributed by atoms with Crippen LogP contribution in [0.4, 0.5) is 0 Å². The highest BCUT2D eigenvalue weighted by Crippen LogP contribution is 2.51. The maximum atomic E-state index is 5.87. The maximum absolute atomic E-state index is 5.87. The minimum atomic E-state index is 0.533. The molecule has 0 aliphatic rings. The molecule has 95 heavy (non-hydrogen) atoms. The molecule has 0 saturated carbocycles. The Morgan fingerprint density at radius 3 is 0.821 bits per heavy atom. The largest absolute Gasteiger partial charge is 0.306 e. The van der Waals surface area contributed by atoms with Crippen LogP contribution >= 0.6 is 0 Å². The molecule has 13 aromatic carbocycles. The highest BCUT2D eigenvalue weighted by molar-refractivity contribution is 6.16. The minimum Gasteiger partial charge on any atom is -0.306 e. The van der Waals surface area contributed by atoms with Crippen LogP contribution in [0.15, 0.2) is 322 Å². The van der Waals surface area contributed by atoms with Gasteiger partial charge in [0, 0.05) is 65.7 Å². The fourth-order valence-corrected chi connectivity index (χ4v) is 14.4. The molecule has 446 valence electrons. The smallest absolute Gasteiger partial charge is 0.162 e. The number of nitrogens with zero attached hydrogens (tertiary/aromatic N) is 7. The highest BCUT2D eigenvalue weighted by Gasteiger charge is 2.33. The number of aromatic nitrogens is 7. The van der Waals surface area contributed by atoms with E-state index in [9.17, 15) is 0 Å². The molecule has 0 aliphatic carbocycles. The Morgan fingerprint density at radius 1 is 0.200 bits per heavy atom. The van der Waals surface area contributed by atoms with Crippen molar-refractivity contribution in [1.29, 1.82) is 0 Å². The zero-order chi connectivity index (χ0) is 63.1. The van der Waals surface area contributed by atoms with Crippen molar-refractivity contribution in [2.75, 3.05) is 0 Å².